The first-order valence-electron chi connectivity index (χ1n) is 16.7. The summed E-state index contributed by atoms with van der Waals surface area (Å²) in [5.74, 6) is 1.24. The third-order valence-corrected chi connectivity index (χ3v) is 11.8. The average molecular weight is 565 g/mol. The Hall–Kier alpha value is -2.21. The molecular formula is C37H49BN2O2. The Bertz CT molecular complexity index is 1400. The zero-order valence-electron chi connectivity index (χ0n) is 26.7. The van der Waals surface area contributed by atoms with Crippen LogP contribution >= 0.6 is 0 Å². The Labute approximate surface area is 253 Å². The number of fused-ring (bicyclic) bond motifs is 2. The number of aliphatic imine (C=N–C) groups is 1. The van der Waals surface area contributed by atoms with Crippen LogP contribution in [-0.2, 0) is 21.1 Å². The van der Waals surface area contributed by atoms with Gasteiger partial charge in [-0.15, -0.1) is 0 Å². The van der Waals surface area contributed by atoms with Crippen molar-refractivity contribution in [2.24, 2.45) is 16.8 Å². The minimum atomic E-state index is -0.330. The molecule has 0 aromatic heterocycles. The summed E-state index contributed by atoms with van der Waals surface area (Å²) in [6.07, 6.45) is 13.3. The molecule has 2 aromatic rings. The monoisotopic (exact) mass is 564 g/mol. The van der Waals surface area contributed by atoms with Gasteiger partial charge in [0.15, 0.2) is 0 Å². The fraction of sp³-hybridized carbons (Fsp3) is 0.595. The first-order valence-corrected chi connectivity index (χ1v) is 16.7. The van der Waals surface area contributed by atoms with E-state index in [4.69, 9.17) is 14.3 Å². The Morgan fingerprint density at radius 2 is 1.55 bits per heavy atom. The molecule has 42 heavy (non-hydrogen) atoms. The zero-order chi connectivity index (χ0) is 29.3. The van der Waals surface area contributed by atoms with Crippen LogP contribution in [0.3, 0.4) is 0 Å². The second-order valence-electron chi connectivity index (χ2n) is 15.2. The van der Waals surface area contributed by atoms with E-state index in [1.54, 1.807) is 5.56 Å². The highest BCUT2D eigenvalue weighted by Crippen LogP contribution is 2.53. The third kappa shape index (κ3) is 4.75. The van der Waals surface area contributed by atoms with Crippen LogP contribution in [0.5, 0.6) is 0 Å². The molecule has 7 rings (SSSR count). The molecule has 2 saturated heterocycles. The molecular weight excluding hydrogens is 515 g/mol. The van der Waals surface area contributed by atoms with Crippen LogP contribution in [0.4, 0.5) is 0 Å². The molecule has 0 radical (unpaired) electrons. The molecule has 3 heterocycles. The van der Waals surface area contributed by atoms with E-state index in [9.17, 15) is 0 Å². The van der Waals surface area contributed by atoms with E-state index in [-0.39, 0.29) is 18.3 Å². The molecule has 0 amide bonds. The van der Waals surface area contributed by atoms with Crippen molar-refractivity contribution in [1.29, 1.82) is 0 Å². The summed E-state index contributed by atoms with van der Waals surface area (Å²) in [6, 6.07) is 14.6. The van der Waals surface area contributed by atoms with Gasteiger partial charge < -0.3 is 14.6 Å². The highest BCUT2D eigenvalue weighted by Gasteiger charge is 2.53. The van der Waals surface area contributed by atoms with Crippen LogP contribution < -0.4 is 10.8 Å². The summed E-state index contributed by atoms with van der Waals surface area (Å²) in [4.78, 5) is 5.06. The summed E-state index contributed by atoms with van der Waals surface area (Å²) in [5, 5.41) is 3.69. The van der Waals surface area contributed by atoms with Crippen LogP contribution in [0.2, 0.25) is 0 Å². The first kappa shape index (κ1) is 28.6. The molecule has 1 N–H and O–H groups in total. The molecule has 1 spiro atoms. The third-order valence-electron chi connectivity index (χ3n) is 11.8. The summed E-state index contributed by atoms with van der Waals surface area (Å²) >= 11 is 0. The lowest BCUT2D eigenvalue weighted by molar-refractivity contribution is 0.00578. The molecule has 2 aromatic carbocycles. The number of rotatable bonds is 4. The minimum absolute atomic E-state index is 0.298. The largest absolute Gasteiger partial charge is 0.495 e. The second-order valence-corrected chi connectivity index (χ2v) is 15.2. The topological polar surface area (TPSA) is 42.9 Å². The fourth-order valence-corrected chi connectivity index (χ4v) is 8.51. The number of hydrogen-bond acceptors (Lipinski definition) is 4. The maximum atomic E-state index is 6.58. The zero-order valence-corrected chi connectivity index (χ0v) is 26.7. The van der Waals surface area contributed by atoms with E-state index in [1.807, 2.05) is 0 Å². The smallest absolute Gasteiger partial charge is 0.399 e. The van der Waals surface area contributed by atoms with E-state index >= 15 is 0 Å². The van der Waals surface area contributed by atoms with Crippen LogP contribution in [0.15, 0.2) is 47.6 Å². The number of benzene rings is 2. The molecule has 222 valence electrons. The van der Waals surface area contributed by atoms with Gasteiger partial charge in [0.1, 0.15) is 0 Å². The number of hydrogen-bond donors (Lipinski definition) is 1. The van der Waals surface area contributed by atoms with Crippen LogP contribution in [0, 0.1) is 11.8 Å². The van der Waals surface area contributed by atoms with E-state index in [1.165, 1.54) is 77.5 Å². The molecule has 5 aliphatic rings. The summed E-state index contributed by atoms with van der Waals surface area (Å²) in [6.45, 7) is 14.4. The van der Waals surface area contributed by atoms with Crippen molar-refractivity contribution in [3.8, 4) is 11.1 Å². The van der Waals surface area contributed by atoms with E-state index in [0.717, 1.165) is 31.7 Å². The normalized spacial score (nSPS) is 29.5. The molecule has 1 saturated carbocycles. The van der Waals surface area contributed by atoms with Crippen LogP contribution in [0.1, 0.15) is 110 Å². The highest BCUT2D eigenvalue weighted by atomic mass is 16.7. The Kier molecular flexibility index (Phi) is 7.11. The number of nitrogens with zero attached hydrogens (tertiary/aromatic N) is 1. The van der Waals surface area contributed by atoms with Gasteiger partial charge in [0.05, 0.1) is 11.2 Å². The lowest BCUT2D eigenvalue weighted by Crippen LogP contribution is -2.41. The molecule has 3 unspecified atom stereocenters. The van der Waals surface area contributed by atoms with Crippen molar-refractivity contribution < 1.29 is 9.31 Å². The van der Waals surface area contributed by atoms with Gasteiger partial charge in [-0.1, -0.05) is 63.1 Å². The van der Waals surface area contributed by atoms with Gasteiger partial charge in [-0.3, -0.25) is 4.99 Å². The Balaban J connectivity index is 1.22. The van der Waals surface area contributed by atoms with Gasteiger partial charge in [0.2, 0.25) is 0 Å². The van der Waals surface area contributed by atoms with Crippen molar-refractivity contribution in [3.63, 3.8) is 0 Å². The first-order chi connectivity index (χ1) is 20.1. The fourth-order valence-electron chi connectivity index (χ4n) is 8.51. The molecule has 4 nitrogen and oxygen atoms in total. The van der Waals surface area contributed by atoms with Gasteiger partial charge in [-0.2, -0.15) is 0 Å². The van der Waals surface area contributed by atoms with Crippen LogP contribution in [-0.4, -0.2) is 36.6 Å². The van der Waals surface area contributed by atoms with Crippen LogP contribution in [0.25, 0.3) is 16.7 Å². The second kappa shape index (κ2) is 10.5. The number of nitrogens with one attached hydrogen (secondary N) is 1. The van der Waals surface area contributed by atoms with Gasteiger partial charge in [0, 0.05) is 18.0 Å². The van der Waals surface area contributed by atoms with Gasteiger partial charge in [-0.05, 0) is 135 Å². The molecule has 2 aliphatic carbocycles. The van der Waals surface area contributed by atoms with E-state index in [0.29, 0.717) is 17.4 Å². The van der Waals surface area contributed by atoms with E-state index in [2.05, 4.69) is 89.5 Å². The predicted octanol–water partition coefficient (Wildman–Crippen LogP) is 7.62. The lowest BCUT2D eigenvalue weighted by Gasteiger charge is -2.32. The minimum Gasteiger partial charge on any atom is -0.399 e. The Morgan fingerprint density at radius 3 is 2.21 bits per heavy atom. The summed E-state index contributed by atoms with van der Waals surface area (Å²) in [5.41, 5.74) is 10.8. The molecule has 3 fully saturated rings. The number of allylic oxidation sites excluding steroid dienone is 1. The molecule has 0 bridgehead atoms. The van der Waals surface area contributed by atoms with Crippen molar-refractivity contribution in [2.75, 3.05) is 6.54 Å². The van der Waals surface area contributed by atoms with Gasteiger partial charge in [0.25, 0.3) is 0 Å². The molecule has 3 atom stereocenters. The average Bonchev–Trinajstić information content (AvgIpc) is 3.71. The standard InChI is InChI=1S/C37H49BN2O2/c1-24-21-33(39-22-24)32-16-9-25(2)30(23-40-32)27-12-10-26(11-13-27)28-14-15-31(38-41-35(3,4)36(5,6)42-38)29-17-20-37(34(28)29)18-7-8-19-37/h10-15,23-25,33,39H,7-9,16-22H2,1-6H3. The van der Waals surface area contributed by atoms with Crippen molar-refractivity contribution in [3.05, 3.63) is 59.3 Å². The lowest BCUT2D eigenvalue weighted by atomic mass is 9.70. The van der Waals surface area contributed by atoms with Crippen molar-refractivity contribution in [1.82, 2.24) is 5.32 Å². The van der Waals surface area contributed by atoms with Crippen molar-refractivity contribution >= 4 is 23.9 Å². The maximum absolute atomic E-state index is 6.58. The summed E-state index contributed by atoms with van der Waals surface area (Å²) in [7, 11) is -0.298. The quantitative estimate of drug-likeness (QED) is 0.389. The Morgan fingerprint density at radius 1 is 0.857 bits per heavy atom. The van der Waals surface area contributed by atoms with Crippen molar-refractivity contribution in [2.45, 2.75) is 122 Å². The predicted molar refractivity (Wildman–Crippen MR) is 175 cm³/mol. The summed E-state index contributed by atoms with van der Waals surface area (Å²) < 4.78 is 13.2. The SMILES string of the molecule is CC1CNC(C2=NC=C(c3ccc(-c4ccc(B5OC(C)(C)C(C)(C)O5)c5c4C4(CCCC4)CC5)cc3)C(C)CC2)C1. The maximum Gasteiger partial charge on any atom is 0.495 e. The van der Waals surface area contributed by atoms with E-state index < -0.39 is 0 Å². The molecule has 3 aliphatic heterocycles. The van der Waals surface area contributed by atoms with Gasteiger partial charge in [-0.25, -0.2) is 0 Å². The molecule has 5 heteroatoms. The van der Waals surface area contributed by atoms with Gasteiger partial charge >= 0.3 is 7.12 Å². The highest BCUT2D eigenvalue weighted by molar-refractivity contribution is 6.62.